The number of halogens is 2. The SMILES string of the molecule is COC(=O)N[C@H]1CCC[C@@H]1C(c1cccc(F)c1)(C1CCN(CC2CN(c3ccc(S(=O)(=O)c4cccc(C(=O)NC/C=C/C(=O)N(C)C)c4)cc3F)C2)CC1)n1ccnc1. The van der Waals surface area contributed by atoms with Gasteiger partial charge in [-0.1, -0.05) is 30.7 Å². The molecular formula is C45H53F2N7O6S. The predicted molar refractivity (Wildman–Crippen MR) is 226 cm³/mol. The van der Waals surface area contributed by atoms with Crippen LogP contribution in [-0.2, 0) is 24.9 Å². The number of imidazole rings is 1. The molecule has 7 rings (SSSR count). The number of alkyl carbamates (subject to hydrolysis) is 1. The Morgan fingerprint density at radius 2 is 1.72 bits per heavy atom. The van der Waals surface area contributed by atoms with Crippen molar-refractivity contribution in [3.05, 3.63) is 120 Å². The van der Waals surface area contributed by atoms with Crippen LogP contribution in [0.4, 0.5) is 19.3 Å². The Morgan fingerprint density at radius 3 is 2.41 bits per heavy atom. The van der Waals surface area contributed by atoms with E-state index in [1.165, 1.54) is 66.6 Å². The largest absolute Gasteiger partial charge is 0.453 e. The number of piperidine rings is 1. The number of anilines is 1. The molecule has 16 heteroatoms. The maximum absolute atomic E-state index is 15.6. The molecule has 3 fully saturated rings. The average molecular weight is 858 g/mol. The van der Waals surface area contributed by atoms with Crippen LogP contribution in [0.3, 0.4) is 0 Å². The smallest absolute Gasteiger partial charge is 0.407 e. The first-order valence-electron chi connectivity index (χ1n) is 20.7. The predicted octanol–water partition coefficient (Wildman–Crippen LogP) is 5.49. The number of ether oxygens (including phenoxy) is 1. The van der Waals surface area contributed by atoms with Crippen molar-refractivity contribution in [1.82, 2.24) is 30.0 Å². The number of likely N-dealkylation sites (N-methyl/N-ethyl adjacent to an activating group) is 1. The first kappa shape index (κ1) is 43.5. The molecule has 4 aromatic rings. The summed E-state index contributed by atoms with van der Waals surface area (Å²) in [5.41, 5.74) is 0.636. The van der Waals surface area contributed by atoms with E-state index in [1.807, 2.05) is 23.5 Å². The monoisotopic (exact) mass is 857 g/mol. The fourth-order valence-corrected chi connectivity index (χ4v) is 10.9. The first-order chi connectivity index (χ1) is 29.3. The number of carbonyl (C=O) groups excluding carboxylic acids is 3. The van der Waals surface area contributed by atoms with Crippen LogP contribution in [0.15, 0.2) is 107 Å². The molecule has 324 valence electrons. The standard InChI is InChI=1S/C45H53F2N7O6S/c1-51(2)42(55)14-7-19-49-43(56)32-8-4-11-36(24-32)61(58,59)37-15-16-41(39(47)26-37)53-28-31(29-53)27-52-21-17-33(18-22-52)45(54-23-20-48-30-54,34-9-5-10-35(46)25-34)38-12-6-13-40(38)50-44(57)60-3/h4-5,7-11,14-16,20,23-26,30-31,33,38,40H,6,12-13,17-19,21-22,27-29H2,1-3H3,(H,49,56)(H,50,57)/b14-7+/t38-,40-,45?/m0/s1. The molecule has 3 atom stereocenters. The average Bonchev–Trinajstić information content (AvgIpc) is 3.95. The van der Waals surface area contributed by atoms with Crippen molar-refractivity contribution in [3.8, 4) is 0 Å². The molecule has 0 bridgehead atoms. The first-order valence-corrected chi connectivity index (χ1v) is 22.2. The second kappa shape index (κ2) is 18.6. The van der Waals surface area contributed by atoms with E-state index < -0.39 is 33.2 Å². The summed E-state index contributed by atoms with van der Waals surface area (Å²) in [7, 11) is 0.434. The van der Waals surface area contributed by atoms with Crippen molar-refractivity contribution in [3.63, 3.8) is 0 Å². The lowest BCUT2D eigenvalue weighted by atomic mass is 9.64. The van der Waals surface area contributed by atoms with Gasteiger partial charge in [-0.2, -0.15) is 0 Å². The van der Waals surface area contributed by atoms with E-state index in [1.54, 1.807) is 32.4 Å². The second-order valence-corrected chi connectivity index (χ2v) is 18.4. The van der Waals surface area contributed by atoms with Crippen LogP contribution in [-0.4, -0.2) is 112 Å². The van der Waals surface area contributed by atoms with Gasteiger partial charge in [0.15, 0.2) is 0 Å². The van der Waals surface area contributed by atoms with Crippen molar-refractivity contribution in [2.45, 2.75) is 53.5 Å². The van der Waals surface area contributed by atoms with Gasteiger partial charge in [0, 0.05) is 82.2 Å². The molecule has 0 radical (unpaired) electrons. The highest BCUT2D eigenvalue weighted by Crippen LogP contribution is 2.51. The molecule has 3 aromatic carbocycles. The highest BCUT2D eigenvalue weighted by atomic mass is 32.2. The fraction of sp³-hybridized carbons (Fsp3) is 0.422. The number of rotatable bonds is 14. The van der Waals surface area contributed by atoms with E-state index in [4.69, 9.17) is 4.74 Å². The number of hydrogen-bond acceptors (Lipinski definition) is 9. The highest BCUT2D eigenvalue weighted by Gasteiger charge is 2.53. The van der Waals surface area contributed by atoms with Gasteiger partial charge >= 0.3 is 6.09 Å². The Balaban J connectivity index is 0.983. The van der Waals surface area contributed by atoms with E-state index in [0.717, 1.165) is 63.4 Å². The van der Waals surface area contributed by atoms with E-state index in [2.05, 4.69) is 25.1 Å². The number of aromatic nitrogens is 2. The highest BCUT2D eigenvalue weighted by molar-refractivity contribution is 7.91. The topological polar surface area (TPSA) is 146 Å². The summed E-state index contributed by atoms with van der Waals surface area (Å²) in [6.45, 7) is 3.75. The van der Waals surface area contributed by atoms with Gasteiger partial charge in [-0.05, 0) is 98.8 Å². The molecule has 3 aliphatic rings. The number of likely N-dealkylation sites (tertiary alicyclic amines) is 1. The van der Waals surface area contributed by atoms with Gasteiger partial charge in [0.05, 0.1) is 34.5 Å². The van der Waals surface area contributed by atoms with Crippen molar-refractivity contribution in [2.24, 2.45) is 17.8 Å². The van der Waals surface area contributed by atoms with Crippen LogP contribution >= 0.6 is 0 Å². The number of sulfone groups is 1. The van der Waals surface area contributed by atoms with Crippen molar-refractivity contribution in [1.29, 1.82) is 0 Å². The van der Waals surface area contributed by atoms with Crippen molar-refractivity contribution in [2.75, 3.05) is 65.4 Å². The normalized spacial score (nSPS) is 19.9. The Bertz CT molecular complexity index is 2350. The maximum Gasteiger partial charge on any atom is 0.407 e. The van der Waals surface area contributed by atoms with E-state index >= 15 is 8.78 Å². The third-order valence-electron chi connectivity index (χ3n) is 12.5. The molecule has 1 saturated carbocycles. The summed E-state index contributed by atoms with van der Waals surface area (Å²) in [5, 5.41) is 5.73. The minimum absolute atomic E-state index is 0.0342. The van der Waals surface area contributed by atoms with E-state index in [0.29, 0.717) is 18.8 Å². The second-order valence-electron chi connectivity index (χ2n) is 16.4. The van der Waals surface area contributed by atoms with Crippen molar-refractivity contribution < 1.29 is 36.3 Å². The molecule has 1 aromatic heterocycles. The van der Waals surface area contributed by atoms with Crippen molar-refractivity contribution >= 4 is 33.4 Å². The molecule has 13 nitrogen and oxygen atoms in total. The van der Waals surface area contributed by atoms with Crippen LogP contribution in [0.1, 0.15) is 48.0 Å². The number of methoxy groups -OCH3 is 1. The molecule has 2 saturated heterocycles. The van der Waals surface area contributed by atoms with Crippen LogP contribution in [0.25, 0.3) is 0 Å². The summed E-state index contributed by atoms with van der Waals surface area (Å²) in [6.07, 6.45) is 12.1. The summed E-state index contributed by atoms with van der Waals surface area (Å²) < 4.78 is 65.0. The number of amides is 3. The minimum atomic E-state index is -4.15. The number of nitrogens with one attached hydrogen (secondary N) is 2. The number of hydrogen-bond donors (Lipinski definition) is 2. The molecule has 0 spiro atoms. The number of nitrogens with zero attached hydrogens (tertiary/aromatic N) is 5. The molecule has 61 heavy (non-hydrogen) atoms. The zero-order valence-electron chi connectivity index (χ0n) is 34.7. The third kappa shape index (κ3) is 9.20. The maximum atomic E-state index is 15.6. The Hall–Kier alpha value is -5.61. The molecule has 1 aliphatic carbocycles. The van der Waals surface area contributed by atoms with Gasteiger partial charge < -0.3 is 34.6 Å². The molecule has 2 N–H and O–H groups in total. The summed E-state index contributed by atoms with van der Waals surface area (Å²) in [5.74, 6) is -1.35. The zero-order chi connectivity index (χ0) is 43.3. The van der Waals surface area contributed by atoms with Gasteiger partial charge in [-0.15, -0.1) is 0 Å². The summed E-state index contributed by atoms with van der Waals surface area (Å²) >= 11 is 0. The van der Waals surface area contributed by atoms with Crippen LogP contribution in [0.2, 0.25) is 0 Å². The van der Waals surface area contributed by atoms with Gasteiger partial charge in [-0.25, -0.2) is 27.0 Å². The summed E-state index contributed by atoms with van der Waals surface area (Å²) in [6, 6.07) is 16.1. The minimum Gasteiger partial charge on any atom is -0.453 e. The quantitative estimate of drug-likeness (QED) is 0.158. The molecule has 3 heterocycles. The number of benzene rings is 3. The third-order valence-corrected chi connectivity index (χ3v) is 14.3. The molecule has 1 unspecified atom stereocenters. The summed E-state index contributed by atoms with van der Waals surface area (Å²) in [4.78, 5) is 46.8. The van der Waals surface area contributed by atoms with Crippen LogP contribution in [0, 0.1) is 29.4 Å². The Morgan fingerprint density at radius 1 is 0.967 bits per heavy atom. The van der Waals surface area contributed by atoms with E-state index in [-0.39, 0.29) is 57.4 Å². The molecular weight excluding hydrogens is 805 g/mol. The Kier molecular flexibility index (Phi) is 13.2. The van der Waals surface area contributed by atoms with Crippen LogP contribution in [0.5, 0.6) is 0 Å². The lowest BCUT2D eigenvalue weighted by Crippen LogP contribution is -2.57. The lowest BCUT2D eigenvalue weighted by molar-refractivity contribution is -0.123. The number of carbonyl (C=O) groups is 3. The van der Waals surface area contributed by atoms with Gasteiger partial charge in [0.2, 0.25) is 15.7 Å². The molecule has 2 aliphatic heterocycles. The van der Waals surface area contributed by atoms with Gasteiger partial charge in [0.25, 0.3) is 5.91 Å². The fourth-order valence-electron chi connectivity index (χ4n) is 9.61. The van der Waals surface area contributed by atoms with Crippen LogP contribution < -0.4 is 15.5 Å². The lowest BCUT2D eigenvalue weighted by Gasteiger charge is -2.52. The molecule has 3 amide bonds. The zero-order valence-corrected chi connectivity index (χ0v) is 35.5. The van der Waals surface area contributed by atoms with Gasteiger partial charge in [0.1, 0.15) is 11.6 Å². The Labute approximate surface area is 355 Å². The van der Waals surface area contributed by atoms with E-state index in [9.17, 15) is 22.8 Å². The van der Waals surface area contributed by atoms with Gasteiger partial charge in [-0.3, -0.25) is 9.59 Å².